The van der Waals surface area contributed by atoms with Gasteiger partial charge in [0.1, 0.15) is 0 Å². The van der Waals surface area contributed by atoms with Crippen LogP contribution in [0.3, 0.4) is 0 Å². The van der Waals surface area contributed by atoms with E-state index in [4.69, 9.17) is 16.1 Å². The molecule has 6 nitrogen and oxygen atoms in total. The van der Waals surface area contributed by atoms with Crippen LogP contribution in [0.25, 0.3) is 0 Å². The van der Waals surface area contributed by atoms with Gasteiger partial charge in [0.2, 0.25) is 5.91 Å². The number of nitrogens with one attached hydrogen (secondary N) is 1. The highest BCUT2D eigenvalue weighted by atomic mass is 16.4. The summed E-state index contributed by atoms with van der Waals surface area (Å²) in [5, 5.41) is 20.1. The first kappa shape index (κ1) is 13.5. The van der Waals surface area contributed by atoms with E-state index in [1.54, 1.807) is 0 Å². The van der Waals surface area contributed by atoms with Crippen molar-refractivity contribution in [3.8, 4) is 6.07 Å². The van der Waals surface area contributed by atoms with Crippen molar-refractivity contribution in [1.82, 2.24) is 5.32 Å². The van der Waals surface area contributed by atoms with Crippen molar-refractivity contribution in [1.29, 1.82) is 5.26 Å². The number of hydrogen-bond acceptors (Lipinski definition) is 4. The van der Waals surface area contributed by atoms with Crippen LogP contribution in [-0.2, 0) is 9.59 Å². The number of carboxylic acids is 1. The Bertz CT molecular complexity index is 337. The molecule has 1 aliphatic rings. The van der Waals surface area contributed by atoms with Gasteiger partial charge in [-0.2, -0.15) is 5.26 Å². The van der Waals surface area contributed by atoms with Crippen molar-refractivity contribution in [3.63, 3.8) is 0 Å². The fraction of sp³-hybridized carbons (Fsp3) is 0.727. The van der Waals surface area contributed by atoms with E-state index >= 15 is 0 Å². The topological polar surface area (TPSA) is 116 Å². The van der Waals surface area contributed by atoms with Crippen LogP contribution in [0.4, 0.5) is 0 Å². The third kappa shape index (κ3) is 4.04. The second-order valence-corrected chi connectivity index (χ2v) is 4.32. The molecule has 0 heterocycles. The zero-order chi connectivity index (χ0) is 12.8. The number of nitrogens with zero attached hydrogens (tertiary/aromatic N) is 1. The van der Waals surface area contributed by atoms with Crippen molar-refractivity contribution in [3.05, 3.63) is 0 Å². The van der Waals surface area contributed by atoms with Crippen LogP contribution in [0.1, 0.15) is 32.1 Å². The summed E-state index contributed by atoms with van der Waals surface area (Å²) in [4.78, 5) is 22.0. The average molecular weight is 239 g/mol. The van der Waals surface area contributed by atoms with E-state index in [1.807, 2.05) is 0 Å². The first-order valence-corrected chi connectivity index (χ1v) is 5.72. The molecule has 0 aromatic carbocycles. The van der Waals surface area contributed by atoms with Gasteiger partial charge in [-0.1, -0.05) is 0 Å². The summed E-state index contributed by atoms with van der Waals surface area (Å²) in [6, 6.07) is 1.21. The summed E-state index contributed by atoms with van der Waals surface area (Å²) in [6.07, 6.45) is 2.50. The molecule has 6 heteroatoms. The Morgan fingerprint density at radius 2 is 2.24 bits per heavy atom. The standard InChI is InChI=1S/C11H17N3O3/c12-6-7-2-1-3-9(7)14-11(17)8(13)4-5-10(15)16/h7-9H,1-5,13H2,(H,14,17)(H,15,16). The lowest BCUT2D eigenvalue weighted by atomic mass is 10.0. The molecule has 0 aliphatic heterocycles. The van der Waals surface area contributed by atoms with Gasteiger partial charge in [-0.3, -0.25) is 9.59 Å². The highest BCUT2D eigenvalue weighted by Crippen LogP contribution is 2.24. The molecule has 4 N–H and O–H groups in total. The molecule has 0 bridgehead atoms. The van der Waals surface area contributed by atoms with Gasteiger partial charge >= 0.3 is 5.97 Å². The highest BCUT2D eigenvalue weighted by Gasteiger charge is 2.29. The minimum absolute atomic E-state index is 0.116. The van der Waals surface area contributed by atoms with E-state index in [1.165, 1.54) is 0 Å². The maximum Gasteiger partial charge on any atom is 0.303 e. The van der Waals surface area contributed by atoms with E-state index in [9.17, 15) is 9.59 Å². The van der Waals surface area contributed by atoms with Crippen LogP contribution >= 0.6 is 0 Å². The Hall–Kier alpha value is -1.61. The number of aliphatic carboxylic acids is 1. The molecule has 0 radical (unpaired) electrons. The molecule has 0 aromatic rings. The van der Waals surface area contributed by atoms with Crippen molar-refractivity contribution in [2.24, 2.45) is 11.7 Å². The lowest BCUT2D eigenvalue weighted by Gasteiger charge is -2.18. The summed E-state index contributed by atoms with van der Waals surface area (Å²) in [6.45, 7) is 0. The van der Waals surface area contributed by atoms with Crippen molar-refractivity contribution < 1.29 is 14.7 Å². The normalized spacial score (nSPS) is 24.9. The maximum atomic E-state index is 11.6. The van der Waals surface area contributed by atoms with Gasteiger partial charge in [-0.05, 0) is 25.7 Å². The minimum atomic E-state index is -0.969. The van der Waals surface area contributed by atoms with Gasteiger partial charge in [0, 0.05) is 12.5 Å². The first-order chi connectivity index (χ1) is 8.04. The molecule has 0 aromatic heterocycles. The third-order valence-electron chi connectivity index (χ3n) is 3.02. The molecular weight excluding hydrogens is 222 g/mol. The zero-order valence-electron chi connectivity index (χ0n) is 9.56. The number of hydrogen-bond donors (Lipinski definition) is 3. The lowest BCUT2D eigenvalue weighted by Crippen LogP contribution is -2.46. The maximum absolute atomic E-state index is 11.6. The number of carbonyl (C=O) groups excluding carboxylic acids is 1. The number of rotatable bonds is 5. The molecule has 1 amide bonds. The van der Waals surface area contributed by atoms with Crippen LogP contribution in [0.15, 0.2) is 0 Å². The Morgan fingerprint density at radius 1 is 1.53 bits per heavy atom. The lowest BCUT2D eigenvalue weighted by molar-refractivity contribution is -0.137. The fourth-order valence-corrected chi connectivity index (χ4v) is 1.99. The van der Waals surface area contributed by atoms with Crippen LogP contribution in [0.5, 0.6) is 0 Å². The molecule has 0 saturated heterocycles. The predicted molar refractivity (Wildman–Crippen MR) is 59.7 cm³/mol. The molecule has 0 spiro atoms. The molecule has 1 aliphatic carbocycles. The summed E-state index contributed by atoms with van der Waals surface area (Å²) >= 11 is 0. The van der Waals surface area contributed by atoms with Crippen LogP contribution in [0, 0.1) is 17.2 Å². The Kier molecular flexibility index (Phi) is 4.91. The summed E-state index contributed by atoms with van der Waals surface area (Å²) in [5.74, 6) is -1.48. The van der Waals surface area contributed by atoms with Crippen molar-refractivity contribution in [2.45, 2.75) is 44.2 Å². The molecule has 94 valence electrons. The summed E-state index contributed by atoms with van der Waals surface area (Å²) in [5.41, 5.74) is 5.57. The second kappa shape index (κ2) is 6.21. The molecule has 1 saturated carbocycles. The van der Waals surface area contributed by atoms with Gasteiger partial charge in [-0.25, -0.2) is 0 Å². The molecule has 17 heavy (non-hydrogen) atoms. The smallest absolute Gasteiger partial charge is 0.303 e. The SMILES string of the molecule is N#CC1CCCC1NC(=O)C(N)CCC(=O)O. The van der Waals surface area contributed by atoms with E-state index in [0.29, 0.717) is 0 Å². The highest BCUT2D eigenvalue weighted by molar-refractivity contribution is 5.82. The third-order valence-corrected chi connectivity index (χ3v) is 3.02. The van der Waals surface area contributed by atoms with Crippen LogP contribution in [-0.4, -0.2) is 29.1 Å². The first-order valence-electron chi connectivity index (χ1n) is 5.72. The number of amides is 1. The van der Waals surface area contributed by atoms with E-state index in [-0.39, 0.29) is 30.7 Å². The fourth-order valence-electron chi connectivity index (χ4n) is 1.99. The molecule has 3 atom stereocenters. The van der Waals surface area contributed by atoms with Crippen LogP contribution < -0.4 is 11.1 Å². The van der Waals surface area contributed by atoms with Gasteiger partial charge in [-0.15, -0.1) is 0 Å². The molecule has 1 fully saturated rings. The van der Waals surface area contributed by atoms with Gasteiger partial charge in [0.25, 0.3) is 0 Å². The van der Waals surface area contributed by atoms with Gasteiger partial charge in [0.05, 0.1) is 18.0 Å². The predicted octanol–water partition coefficient (Wildman–Crippen LogP) is -0.0130. The second-order valence-electron chi connectivity index (χ2n) is 4.32. The molecular formula is C11H17N3O3. The van der Waals surface area contributed by atoms with Gasteiger partial charge in [0.15, 0.2) is 0 Å². The van der Waals surface area contributed by atoms with Crippen LogP contribution in [0.2, 0.25) is 0 Å². The number of carboxylic acid groups (broad SMARTS) is 1. The monoisotopic (exact) mass is 239 g/mol. The largest absolute Gasteiger partial charge is 0.481 e. The van der Waals surface area contributed by atoms with E-state index in [0.717, 1.165) is 19.3 Å². The van der Waals surface area contributed by atoms with E-state index < -0.39 is 12.0 Å². The van der Waals surface area contributed by atoms with Crippen molar-refractivity contribution >= 4 is 11.9 Å². The summed E-state index contributed by atoms with van der Waals surface area (Å²) < 4.78 is 0. The summed E-state index contributed by atoms with van der Waals surface area (Å²) in [7, 11) is 0. The van der Waals surface area contributed by atoms with Gasteiger partial charge < -0.3 is 16.2 Å². The molecule has 3 unspecified atom stereocenters. The van der Waals surface area contributed by atoms with E-state index in [2.05, 4.69) is 11.4 Å². The Morgan fingerprint density at radius 3 is 2.82 bits per heavy atom. The Labute approximate surface area is 99.8 Å². The number of nitriles is 1. The quantitative estimate of drug-likeness (QED) is 0.623. The number of carbonyl (C=O) groups is 2. The Balaban J connectivity index is 2.38. The van der Waals surface area contributed by atoms with Crippen molar-refractivity contribution in [2.75, 3.05) is 0 Å². The zero-order valence-corrected chi connectivity index (χ0v) is 9.56. The number of nitrogens with two attached hydrogens (primary N) is 1. The average Bonchev–Trinajstić information content (AvgIpc) is 2.72. The minimum Gasteiger partial charge on any atom is -0.481 e. The molecule has 1 rings (SSSR count).